The molecule has 1 aromatic carbocycles. The molecule has 2 aromatic rings. The number of aliphatic carboxylic acids is 1. The number of nitrogens with zero attached hydrogens (tertiary/aromatic N) is 1. The van der Waals surface area contributed by atoms with E-state index < -0.39 is 17.9 Å². The summed E-state index contributed by atoms with van der Waals surface area (Å²) in [7, 11) is 0. The normalized spacial score (nSPS) is 11.7. The molecule has 1 amide bonds. The molecule has 21 heavy (non-hydrogen) atoms. The lowest BCUT2D eigenvalue weighted by Crippen LogP contribution is -2.42. The Balaban J connectivity index is 2.12. The van der Waals surface area contributed by atoms with E-state index >= 15 is 0 Å². The van der Waals surface area contributed by atoms with Gasteiger partial charge in [0.1, 0.15) is 11.7 Å². The minimum absolute atomic E-state index is 0.200. The van der Waals surface area contributed by atoms with Crippen LogP contribution < -0.4 is 5.32 Å². The summed E-state index contributed by atoms with van der Waals surface area (Å²) < 4.78 is 0.966. The summed E-state index contributed by atoms with van der Waals surface area (Å²) in [6.07, 6.45) is 1.72. The van der Waals surface area contributed by atoms with Crippen molar-refractivity contribution >= 4 is 34.5 Å². The van der Waals surface area contributed by atoms with Gasteiger partial charge in [-0.15, -0.1) is 0 Å². The molecule has 1 heterocycles. The van der Waals surface area contributed by atoms with Gasteiger partial charge in [-0.3, -0.25) is 9.78 Å². The van der Waals surface area contributed by atoms with Gasteiger partial charge < -0.3 is 10.4 Å². The quantitative estimate of drug-likeness (QED) is 0.759. The van der Waals surface area contributed by atoms with Crippen LogP contribution >= 0.6 is 22.6 Å². The van der Waals surface area contributed by atoms with Gasteiger partial charge in [0.05, 0.1) is 0 Å². The van der Waals surface area contributed by atoms with Crippen molar-refractivity contribution in [2.24, 2.45) is 0 Å². The molecule has 1 aromatic heterocycles. The van der Waals surface area contributed by atoms with Crippen molar-refractivity contribution in [2.75, 3.05) is 0 Å². The summed E-state index contributed by atoms with van der Waals surface area (Å²) >= 11 is 2.14. The number of amides is 1. The number of halogens is 1. The number of benzene rings is 1. The summed E-state index contributed by atoms with van der Waals surface area (Å²) in [5.74, 6) is -1.56. The molecule has 108 valence electrons. The molecule has 0 unspecified atom stereocenters. The van der Waals surface area contributed by atoms with E-state index in [-0.39, 0.29) is 12.1 Å². The van der Waals surface area contributed by atoms with E-state index in [1.54, 1.807) is 18.2 Å². The van der Waals surface area contributed by atoms with Gasteiger partial charge in [0.15, 0.2) is 0 Å². The molecule has 0 aliphatic carbocycles. The molecule has 0 fully saturated rings. The number of hydrogen-bond acceptors (Lipinski definition) is 3. The molecule has 0 aliphatic heterocycles. The van der Waals surface area contributed by atoms with Crippen LogP contribution in [-0.2, 0) is 11.2 Å². The summed E-state index contributed by atoms with van der Waals surface area (Å²) in [6, 6.07) is 11.4. The highest BCUT2D eigenvalue weighted by molar-refractivity contribution is 14.1. The molecule has 0 radical (unpaired) electrons. The predicted octanol–water partition coefficient (Wildman–Crippen LogP) is 2.11. The number of hydrogen-bond donors (Lipinski definition) is 2. The third kappa shape index (κ3) is 4.25. The highest BCUT2D eigenvalue weighted by atomic mass is 127. The Kier molecular flexibility index (Phi) is 5.26. The summed E-state index contributed by atoms with van der Waals surface area (Å²) in [4.78, 5) is 27.2. The van der Waals surface area contributed by atoms with Crippen molar-refractivity contribution < 1.29 is 14.7 Å². The first-order valence-electron chi connectivity index (χ1n) is 6.26. The highest BCUT2D eigenvalue weighted by Gasteiger charge is 2.22. The lowest BCUT2D eigenvalue weighted by atomic mass is 10.1. The second-order valence-corrected chi connectivity index (χ2v) is 5.54. The number of aromatic nitrogens is 1. The average Bonchev–Trinajstić information content (AvgIpc) is 2.49. The Morgan fingerprint density at radius 3 is 2.52 bits per heavy atom. The number of carbonyl (C=O) groups excluding carboxylic acids is 1. The Morgan fingerprint density at radius 2 is 1.90 bits per heavy atom. The number of carbonyl (C=O) groups is 2. The SMILES string of the molecule is O=C(N[C@@H](Cc1ccccc1I)C(=O)O)c1ccccn1. The van der Waals surface area contributed by atoms with Crippen LogP contribution in [0.25, 0.3) is 0 Å². The summed E-state index contributed by atoms with van der Waals surface area (Å²) in [5.41, 5.74) is 1.08. The van der Waals surface area contributed by atoms with Gasteiger partial charge >= 0.3 is 5.97 Å². The van der Waals surface area contributed by atoms with E-state index in [9.17, 15) is 14.7 Å². The summed E-state index contributed by atoms with van der Waals surface area (Å²) in [5, 5.41) is 11.8. The van der Waals surface area contributed by atoms with E-state index in [2.05, 4.69) is 32.9 Å². The lowest BCUT2D eigenvalue weighted by molar-refractivity contribution is -0.139. The van der Waals surface area contributed by atoms with Crippen molar-refractivity contribution in [3.63, 3.8) is 0 Å². The average molecular weight is 396 g/mol. The molecule has 0 spiro atoms. The zero-order chi connectivity index (χ0) is 15.2. The van der Waals surface area contributed by atoms with Crippen LogP contribution in [0.2, 0.25) is 0 Å². The van der Waals surface area contributed by atoms with Gasteiger partial charge in [-0.05, 0) is 46.4 Å². The van der Waals surface area contributed by atoms with Gasteiger partial charge in [-0.2, -0.15) is 0 Å². The third-order valence-electron chi connectivity index (χ3n) is 2.88. The zero-order valence-corrected chi connectivity index (χ0v) is 13.1. The minimum atomic E-state index is -1.07. The van der Waals surface area contributed by atoms with Gasteiger partial charge in [-0.1, -0.05) is 24.3 Å². The number of nitrogens with one attached hydrogen (secondary N) is 1. The standard InChI is InChI=1S/C15H13IN2O3/c16-11-6-2-1-5-10(11)9-13(15(20)21)18-14(19)12-7-3-4-8-17-12/h1-8,13H,9H2,(H,18,19)(H,20,21)/t13-/m0/s1. The van der Waals surface area contributed by atoms with E-state index in [0.29, 0.717) is 0 Å². The van der Waals surface area contributed by atoms with Gasteiger partial charge in [0.25, 0.3) is 5.91 Å². The Morgan fingerprint density at radius 1 is 1.19 bits per heavy atom. The fraction of sp³-hybridized carbons (Fsp3) is 0.133. The van der Waals surface area contributed by atoms with Crippen LogP contribution in [0.15, 0.2) is 48.7 Å². The smallest absolute Gasteiger partial charge is 0.326 e. The van der Waals surface area contributed by atoms with Crippen molar-refractivity contribution in [1.29, 1.82) is 0 Å². The molecule has 2 rings (SSSR count). The molecule has 0 saturated heterocycles. The summed E-state index contributed by atoms with van der Waals surface area (Å²) in [6.45, 7) is 0. The molecule has 2 N–H and O–H groups in total. The zero-order valence-electron chi connectivity index (χ0n) is 11.0. The fourth-order valence-electron chi connectivity index (χ4n) is 1.81. The fourth-order valence-corrected chi connectivity index (χ4v) is 2.42. The van der Waals surface area contributed by atoms with Crippen LogP contribution in [0.3, 0.4) is 0 Å². The predicted molar refractivity (Wildman–Crippen MR) is 86.0 cm³/mol. The minimum Gasteiger partial charge on any atom is -0.480 e. The molecular weight excluding hydrogens is 383 g/mol. The van der Waals surface area contributed by atoms with Gasteiger partial charge in [-0.25, -0.2) is 4.79 Å². The first-order chi connectivity index (χ1) is 10.1. The number of carboxylic acids is 1. The second kappa shape index (κ2) is 7.16. The number of carboxylic acid groups (broad SMARTS) is 1. The lowest BCUT2D eigenvalue weighted by Gasteiger charge is -2.15. The second-order valence-electron chi connectivity index (χ2n) is 4.37. The maximum atomic E-state index is 12.0. The van der Waals surface area contributed by atoms with Crippen LogP contribution in [0.1, 0.15) is 16.1 Å². The van der Waals surface area contributed by atoms with Gasteiger partial charge in [0.2, 0.25) is 0 Å². The van der Waals surface area contributed by atoms with Crippen molar-refractivity contribution in [3.05, 3.63) is 63.5 Å². The Labute approximate surface area is 135 Å². The van der Waals surface area contributed by atoms with E-state index in [1.807, 2.05) is 24.3 Å². The molecule has 1 atom stereocenters. The molecular formula is C15H13IN2O3. The van der Waals surface area contributed by atoms with E-state index in [1.165, 1.54) is 6.20 Å². The van der Waals surface area contributed by atoms with Crippen LogP contribution in [0, 0.1) is 3.57 Å². The third-order valence-corrected chi connectivity index (χ3v) is 3.94. The van der Waals surface area contributed by atoms with E-state index in [4.69, 9.17) is 0 Å². The first kappa shape index (κ1) is 15.4. The number of pyridine rings is 1. The molecule has 0 aliphatic rings. The Bertz CT molecular complexity index is 646. The number of rotatable bonds is 5. The van der Waals surface area contributed by atoms with Crippen LogP contribution in [0.5, 0.6) is 0 Å². The van der Waals surface area contributed by atoms with Gasteiger partial charge in [0, 0.05) is 16.2 Å². The maximum Gasteiger partial charge on any atom is 0.326 e. The molecule has 0 bridgehead atoms. The monoisotopic (exact) mass is 396 g/mol. The van der Waals surface area contributed by atoms with Crippen LogP contribution in [-0.4, -0.2) is 28.0 Å². The largest absolute Gasteiger partial charge is 0.480 e. The topological polar surface area (TPSA) is 79.3 Å². The van der Waals surface area contributed by atoms with Crippen molar-refractivity contribution in [3.8, 4) is 0 Å². The maximum absolute atomic E-state index is 12.0. The molecule has 0 saturated carbocycles. The highest BCUT2D eigenvalue weighted by Crippen LogP contribution is 2.14. The molecule has 6 heteroatoms. The van der Waals surface area contributed by atoms with Crippen molar-refractivity contribution in [2.45, 2.75) is 12.5 Å². The Hall–Kier alpha value is -1.96. The van der Waals surface area contributed by atoms with Crippen molar-refractivity contribution in [1.82, 2.24) is 10.3 Å². The first-order valence-corrected chi connectivity index (χ1v) is 7.34. The van der Waals surface area contributed by atoms with Crippen LogP contribution in [0.4, 0.5) is 0 Å². The van der Waals surface area contributed by atoms with E-state index in [0.717, 1.165) is 9.13 Å². The molecule has 5 nitrogen and oxygen atoms in total.